The zero-order chi connectivity index (χ0) is 14.9. The Labute approximate surface area is 124 Å². The van der Waals surface area contributed by atoms with Gasteiger partial charge in [0, 0.05) is 31.7 Å². The lowest BCUT2D eigenvalue weighted by atomic mass is 10.0. The predicted molar refractivity (Wildman–Crippen MR) is 82.0 cm³/mol. The van der Waals surface area contributed by atoms with Gasteiger partial charge < -0.3 is 10.0 Å². The molecule has 0 unspecified atom stereocenters. The number of anilines is 1. The Hall–Kier alpha value is -1.26. The van der Waals surface area contributed by atoms with E-state index in [1.807, 2.05) is 0 Å². The summed E-state index contributed by atoms with van der Waals surface area (Å²) in [4.78, 5) is 15.6. The second kappa shape index (κ2) is 5.62. The molecule has 0 spiro atoms. The summed E-state index contributed by atoms with van der Waals surface area (Å²) in [6.45, 7) is 10.4. The Bertz CT molecular complexity index is 503. The fraction of sp³-hybridized carbons (Fsp3) is 0.533. The Kier molecular flexibility index (Phi) is 4.25. The zero-order valence-corrected chi connectivity index (χ0v) is 12.9. The first-order valence-electron chi connectivity index (χ1n) is 6.82. The Morgan fingerprint density at radius 1 is 1.20 bits per heavy atom. The number of rotatable bonds is 2. The van der Waals surface area contributed by atoms with Crippen molar-refractivity contribution in [3.05, 3.63) is 28.8 Å². The van der Waals surface area contributed by atoms with E-state index in [0.29, 0.717) is 5.02 Å². The number of carboxylic acid groups (broad SMARTS) is 1. The maximum atomic E-state index is 10.9. The smallest absolute Gasteiger partial charge is 0.335 e. The van der Waals surface area contributed by atoms with E-state index in [1.54, 1.807) is 12.1 Å². The molecule has 1 aromatic rings. The van der Waals surface area contributed by atoms with Crippen molar-refractivity contribution in [3.63, 3.8) is 0 Å². The van der Waals surface area contributed by atoms with Crippen LogP contribution in [0.15, 0.2) is 18.2 Å². The van der Waals surface area contributed by atoms with Gasteiger partial charge in [-0.2, -0.15) is 0 Å². The fourth-order valence-electron chi connectivity index (χ4n) is 2.51. The Morgan fingerprint density at radius 2 is 1.80 bits per heavy atom. The van der Waals surface area contributed by atoms with Crippen LogP contribution in [-0.2, 0) is 0 Å². The maximum absolute atomic E-state index is 10.9. The molecule has 0 radical (unpaired) electrons. The first-order chi connectivity index (χ1) is 9.29. The maximum Gasteiger partial charge on any atom is 0.335 e. The highest BCUT2D eigenvalue weighted by Gasteiger charge is 2.26. The molecule has 1 N–H and O–H groups in total. The van der Waals surface area contributed by atoms with E-state index >= 15 is 0 Å². The van der Waals surface area contributed by atoms with Gasteiger partial charge in [-0.15, -0.1) is 0 Å². The third-order valence-electron chi connectivity index (χ3n) is 3.76. The number of carboxylic acids is 1. The van der Waals surface area contributed by atoms with Crippen molar-refractivity contribution in [3.8, 4) is 0 Å². The van der Waals surface area contributed by atoms with Gasteiger partial charge in [0.15, 0.2) is 0 Å². The van der Waals surface area contributed by atoms with E-state index < -0.39 is 5.97 Å². The average molecular weight is 297 g/mol. The summed E-state index contributed by atoms with van der Waals surface area (Å²) in [6, 6.07) is 4.94. The summed E-state index contributed by atoms with van der Waals surface area (Å²) in [7, 11) is 0. The van der Waals surface area contributed by atoms with E-state index in [0.717, 1.165) is 31.9 Å². The molecule has 2 rings (SSSR count). The molecule has 0 aromatic heterocycles. The van der Waals surface area contributed by atoms with E-state index in [4.69, 9.17) is 16.7 Å². The van der Waals surface area contributed by atoms with E-state index in [9.17, 15) is 4.79 Å². The van der Waals surface area contributed by atoms with Crippen molar-refractivity contribution >= 4 is 23.3 Å². The molecule has 0 saturated carbocycles. The van der Waals surface area contributed by atoms with Gasteiger partial charge in [0.1, 0.15) is 0 Å². The van der Waals surface area contributed by atoms with Crippen LogP contribution in [0.5, 0.6) is 0 Å². The highest BCUT2D eigenvalue weighted by Crippen LogP contribution is 2.28. The summed E-state index contributed by atoms with van der Waals surface area (Å²) < 4.78 is 0. The third-order valence-corrected chi connectivity index (χ3v) is 4.07. The van der Waals surface area contributed by atoms with Gasteiger partial charge in [-0.25, -0.2) is 4.79 Å². The minimum absolute atomic E-state index is 0.184. The quantitative estimate of drug-likeness (QED) is 0.911. The minimum atomic E-state index is -0.948. The zero-order valence-electron chi connectivity index (χ0n) is 12.2. The van der Waals surface area contributed by atoms with E-state index in [1.165, 1.54) is 6.07 Å². The number of benzene rings is 1. The first-order valence-corrected chi connectivity index (χ1v) is 7.19. The molecule has 110 valence electrons. The van der Waals surface area contributed by atoms with Gasteiger partial charge in [-0.3, -0.25) is 4.90 Å². The van der Waals surface area contributed by atoms with Gasteiger partial charge in [-0.1, -0.05) is 11.6 Å². The first kappa shape index (κ1) is 15.1. The molecule has 1 aliphatic rings. The molecule has 1 aromatic carbocycles. The van der Waals surface area contributed by atoms with Crippen LogP contribution in [0.1, 0.15) is 31.1 Å². The molecule has 0 atom stereocenters. The molecule has 20 heavy (non-hydrogen) atoms. The van der Waals surface area contributed by atoms with Gasteiger partial charge >= 0.3 is 5.97 Å². The number of hydrogen-bond acceptors (Lipinski definition) is 3. The number of carbonyl (C=O) groups is 1. The van der Waals surface area contributed by atoms with Crippen LogP contribution < -0.4 is 4.90 Å². The lowest BCUT2D eigenvalue weighted by molar-refractivity contribution is 0.0697. The Morgan fingerprint density at radius 3 is 2.25 bits per heavy atom. The molecular weight excluding hydrogens is 276 g/mol. The van der Waals surface area contributed by atoms with Gasteiger partial charge in [0.05, 0.1) is 16.3 Å². The Balaban J connectivity index is 2.09. The van der Waals surface area contributed by atoms with E-state index in [-0.39, 0.29) is 11.1 Å². The third kappa shape index (κ3) is 3.25. The van der Waals surface area contributed by atoms with Crippen LogP contribution in [0.2, 0.25) is 5.02 Å². The predicted octanol–water partition coefficient (Wildman–Crippen LogP) is 2.96. The lowest BCUT2D eigenvalue weighted by Gasteiger charge is -2.43. The minimum Gasteiger partial charge on any atom is -0.478 e. The molecule has 1 heterocycles. The number of aromatic carboxylic acids is 1. The van der Waals surface area contributed by atoms with Crippen LogP contribution in [0.25, 0.3) is 0 Å². The lowest BCUT2D eigenvalue weighted by Crippen LogP contribution is -2.53. The number of piperazine rings is 1. The average Bonchev–Trinajstić information content (AvgIpc) is 2.37. The van der Waals surface area contributed by atoms with E-state index in [2.05, 4.69) is 30.6 Å². The normalized spacial score (nSPS) is 17.3. The van der Waals surface area contributed by atoms with Crippen molar-refractivity contribution in [2.45, 2.75) is 26.3 Å². The highest BCUT2D eigenvalue weighted by atomic mass is 35.5. The largest absolute Gasteiger partial charge is 0.478 e. The summed E-state index contributed by atoms with van der Waals surface area (Å²) >= 11 is 6.21. The molecular formula is C15H21ClN2O2. The monoisotopic (exact) mass is 296 g/mol. The number of hydrogen-bond donors (Lipinski definition) is 1. The van der Waals surface area contributed by atoms with Gasteiger partial charge in [0.2, 0.25) is 0 Å². The molecule has 1 fully saturated rings. The summed E-state index contributed by atoms with van der Waals surface area (Å²) in [5.74, 6) is -0.948. The van der Waals surface area contributed by atoms with Gasteiger partial charge in [0.25, 0.3) is 0 Å². The van der Waals surface area contributed by atoms with Crippen molar-refractivity contribution in [2.75, 3.05) is 31.1 Å². The molecule has 4 nitrogen and oxygen atoms in total. The molecule has 1 aliphatic heterocycles. The van der Waals surface area contributed by atoms with Crippen LogP contribution in [-0.4, -0.2) is 47.7 Å². The van der Waals surface area contributed by atoms with Crippen molar-refractivity contribution in [1.82, 2.24) is 4.90 Å². The van der Waals surface area contributed by atoms with Crippen LogP contribution in [0.3, 0.4) is 0 Å². The number of nitrogens with zero attached hydrogens (tertiary/aromatic N) is 2. The topological polar surface area (TPSA) is 43.8 Å². The molecule has 1 saturated heterocycles. The molecule has 0 bridgehead atoms. The van der Waals surface area contributed by atoms with Crippen LogP contribution in [0.4, 0.5) is 5.69 Å². The molecule has 0 aliphatic carbocycles. The van der Waals surface area contributed by atoms with Gasteiger partial charge in [-0.05, 0) is 39.0 Å². The standard InChI is InChI=1S/C15H21ClN2O2/c1-15(2,3)18-8-6-17(7-9-18)13-5-4-11(14(19)20)10-12(13)16/h4-5,10H,6-9H2,1-3H3,(H,19,20). The summed E-state index contributed by atoms with van der Waals surface area (Å²) in [6.07, 6.45) is 0. The SMILES string of the molecule is CC(C)(C)N1CCN(c2ccc(C(=O)O)cc2Cl)CC1. The van der Waals surface area contributed by atoms with Crippen LogP contribution >= 0.6 is 11.6 Å². The van der Waals surface area contributed by atoms with Crippen molar-refractivity contribution < 1.29 is 9.90 Å². The number of halogens is 1. The highest BCUT2D eigenvalue weighted by molar-refractivity contribution is 6.33. The van der Waals surface area contributed by atoms with Crippen molar-refractivity contribution in [1.29, 1.82) is 0 Å². The molecule has 0 amide bonds. The molecule has 5 heteroatoms. The summed E-state index contributed by atoms with van der Waals surface area (Å²) in [5.41, 5.74) is 1.33. The second-order valence-electron chi connectivity index (χ2n) is 6.12. The second-order valence-corrected chi connectivity index (χ2v) is 6.52. The fourth-order valence-corrected chi connectivity index (χ4v) is 2.81. The van der Waals surface area contributed by atoms with Crippen LogP contribution in [0, 0.1) is 0 Å². The van der Waals surface area contributed by atoms with Crippen molar-refractivity contribution in [2.24, 2.45) is 0 Å². The summed E-state index contributed by atoms with van der Waals surface area (Å²) in [5, 5.41) is 9.46.